The third-order valence-corrected chi connectivity index (χ3v) is 3.42. The van der Waals surface area contributed by atoms with Gasteiger partial charge in [-0.05, 0) is 6.07 Å². The zero-order chi connectivity index (χ0) is 16.2. The highest BCUT2D eigenvalue weighted by Crippen LogP contribution is 2.32. The van der Waals surface area contributed by atoms with E-state index in [1.807, 2.05) is 0 Å². The number of benzene rings is 1. The maximum absolute atomic E-state index is 11.8. The Bertz CT molecular complexity index is 677. The van der Waals surface area contributed by atoms with Gasteiger partial charge in [-0.1, -0.05) is 11.6 Å². The Morgan fingerprint density at radius 1 is 1.43 bits per heavy atom. The summed E-state index contributed by atoms with van der Waals surface area (Å²) in [4.78, 5) is 21.9. The Morgan fingerprint density at radius 2 is 2.05 bits per heavy atom. The third-order valence-electron chi connectivity index (χ3n) is 2.34. The Balaban J connectivity index is 2.98. The number of nitrogens with one attached hydrogen (secondary N) is 2. The van der Waals surface area contributed by atoms with Crippen LogP contribution in [-0.4, -0.2) is 31.5 Å². The molecule has 0 heterocycles. The topological polar surface area (TPSA) is 170 Å². The Kier molecular flexibility index (Phi) is 5.43. The molecule has 0 saturated carbocycles. The number of primary sulfonamides is 1. The van der Waals surface area contributed by atoms with Crippen LogP contribution in [0.3, 0.4) is 0 Å². The summed E-state index contributed by atoms with van der Waals surface area (Å²) in [5, 5.41) is 17.8. The molecular formula is C9H12ClN5O5S. The number of anilines is 1. The number of carbonyl (C=O) groups is 1. The lowest BCUT2D eigenvalue weighted by molar-refractivity contribution is -0.384. The van der Waals surface area contributed by atoms with Crippen molar-refractivity contribution in [3.63, 3.8) is 0 Å². The van der Waals surface area contributed by atoms with Gasteiger partial charge in [-0.2, -0.15) is 0 Å². The van der Waals surface area contributed by atoms with E-state index in [0.29, 0.717) is 0 Å². The molecule has 0 aliphatic carbocycles. The first-order chi connectivity index (χ1) is 9.65. The van der Waals surface area contributed by atoms with Gasteiger partial charge in [-0.15, -0.1) is 0 Å². The number of nitrogen functional groups attached to an aromatic ring is 1. The van der Waals surface area contributed by atoms with Crippen LogP contribution in [0.25, 0.3) is 0 Å². The van der Waals surface area contributed by atoms with Gasteiger partial charge in [-0.3, -0.25) is 20.8 Å². The normalized spacial score (nSPS) is 11.0. The lowest BCUT2D eigenvalue weighted by Crippen LogP contribution is -2.31. The summed E-state index contributed by atoms with van der Waals surface area (Å²) in [6.07, 6.45) is 0. The van der Waals surface area contributed by atoms with Gasteiger partial charge in [0.1, 0.15) is 5.69 Å². The van der Waals surface area contributed by atoms with Gasteiger partial charge in [-0.25, -0.2) is 13.6 Å². The Hall–Kier alpha value is -1.95. The molecule has 116 valence electrons. The number of hydrogen-bond donors (Lipinski definition) is 4. The van der Waals surface area contributed by atoms with Crippen molar-refractivity contribution < 1.29 is 18.1 Å². The molecule has 21 heavy (non-hydrogen) atoms. The van der Waals surface area contributed by atoms with Gasteiger partial charge in [0.2, 0.25) is 10.0 Å². The van der Waals surface area contributed by atoms with Crippen molar-refractivity contribution in [2.24, 2.45) is 11.0 Å². The molecule has 0 radical (unpaired) electrons. The van der Waals surface area contributed by atoms with Crippen molar-refractivity contribution in [1.82, 2.24) is 5.32 Å². The summed E-state index contributed by atoms with van der Waals surface area (Å²) >= 11 is 5.79. The lowest BCUT2D eigenvalue weighted by Gasteiger charge is -2.08. The van der Waals surface area contributed by atoms with Crippen molar-refractivity contribution in [2.45, 2.75) is 0 Å². The number of hydrogen-bond acceptors (Lipinski definition) is 7. The van der Waals surface area contributed by atoms with Gasteiger partial charge in [0.15, 0.2) is 0 Å². The van der Waals surface area contributed by atoms with Crippen LogP contribution in [0.2, 0.25) is 5.02 Å². The molecule has 1 amide bonds. The average Bonchev–Trinajstić information content (AvgIpc) is 2.35. The molecule has 10 nitrogen and oxygen atoms in total. The van der Waals surface area contributed by atoms with E-state index in [9.17, 15) is 23.3 Å². The van der Waals surface area contributed by atoms with Gasteiger partial charge in [0.05, 0.1) is 15.7 Å². The summed E-state index contributed by atoms with van der Waals surface area (Å²) in [7, 11) is -3.72. The quantitative estimate of drug-likeness (QED) is 0.309. The molecule has 1 aromatic carbocycles. The highest BCUT2D eigenvalue weighted by Gasteiger charge is 2.21. The van der Waals surface area contributed by atoms with Crippen molar-refractivity contribution in [3.05, 3.63) is 32.8 Å². The molecule has 0 aliphatic rings. The van der Waals surface area contributed by atoms with Crippen LogP contribution in [0.5, 0.6) is 0 Å². The van der Waals surface area contributed by atoms with E-state index in [0.717, 1.165) is 12.1 Å². The minimum absolute atomic E-state index is 0.111. The van der Waals surface area contributed by atoms with E-state index in [2.05, 4.69) is 10.7 Å². The van der Waals surface area contributed by atoms with Crippen LogP contribution in [0, 0.1) is 10.1 Å². The van der Waals surface area contributed by atoms with Crippen LogP contribution in [0.15, 0.2) is 12.1 Å². The standard InChI is InChI=1S/C9H12ClN5O5S/c10-6-3-5(4-7(15(17)18)8(6)14-11)9(16)13-1-2-21(12,19)20/h3-4,14H,1-2,11H2,(H,13,16)(H2,12,19,20). The van der Waals surface area contributed by atoms with Gasteiger partial charge >= 0.3 is 0 Å². The molecule has 0 saturated heterocycles. The monoisotopic (exact) mass is 337 g/mol. The van der Waals surface area contributed by atoms with Crippen molar-refractivity contribution in [3.8, 4) is 0 Å². The molecule has 0 spiro atoms. The first-order valence-electron chi connectivity index (χ1n) is 5.39. The molecule has 0 atom stereocenters. The molecule has 6 N–H and O–H groups in total. The molecule has 12 heteroatoms. The summed E-state index contributed by atoms with van der Waals surface area (Å²) in [6.45, 7) is -0.236. The van der Waals surface area contributed by atoms with Gasteiger partial charge in [0.25, 0.3) is 11.6 Å². The number of carbonyl (C=O) groups excluding carboxylic acids is 1. The fourth-order valence-corrected chi connectivity index (χ4v) is 2.07. The van der Waals surface area contributed by atoms with Crippen molar-refractivity contribution >= 4 is 38.9 Å². The van der Waals surface area contributed by atoms with E-state index in [1.54, 1.807) is 0 Å². The highest BCUT2D eigenvalue weighted by atomic mass is 35.5. The van der Waals surface area contributed by atoms with E-state index in [-0.39, 0.29) is 22.8 Å². The Labute approximate surface area is 124 Å². The number of hydrazine groups is 1. The molecule has 1 aromatic rings. The zero-order valence-electron chi connectivity index (χ0n) is 10.5. The number of sulfonamides is 1. The molecule has 1 rings (SSSR count). The second-order valence-corrected chi connectivity index (χ2v) is 6.02. The smallest absolute Gasteiger partial charge is 0.295 e. The third kappa shape index (κ3) is 4.82. The zero-order valence-corrected chi connectivity index (χ0v) is 12.1. The molecular weight excluding hydrogens is 326 g/mol. The van der Waals surface area contributed by atoms with Crippen LogP contribution in [0.4, 0.5) is 11.4 Å². The van der Waals surface area contributed by atoms with E-state index in [4.69, 9.17) is 22.6 Å². The summed E-state index contributed by atoms with van der Waals surface area (Å²) in [6, 6.07) is 2.13. The van der Waals surface area contributed by atoms with Gasteiger partial charge in [0, 0.05) is 18.2 Å². The number of rotatable bonds is 6. The fourth-order valence-electron chi connectivity index (χ4n) is 1.42. The first-order valence-corrected chi connectivity index (χ1v) is 7.48. The summed E-state index contributed by atoms with van der Waals surface area (Å²) < 4.78 is 21.4. The second-order valence-electron chi connectivity index (χ2n) is 3.88. The molecule has 0 unspecified atom stereocenters. The second kappa shape index (κ2) is 6.67. The minimum Gasteiger partial charge on any atom is -0.351 e. The average molecular weight is 338 g/mol. The molecule has 0 bridgehead atoms. The predicted octanol–water partition coefficient (Wildman–Crippen LogP) is -0.448. The first kappa shape index (κ1) is 17.1. The van der Waals surface area contributed by atoms with E-state index >= 15 is 0 Å². The molecule has 0 fully saturated rings. The van der Waals surface area contributed by atoms with Crippen LogP contribution in [0.1, 0.15) is 10.4 Å². The minimum atomic E-state index is -3.72. The van der Waals surface area contributed by atoms with Crippen LogP contribution < -0.4 is 21.7 Å². The fraction of sp³-hybridized carbons (Fsp3) is 0.222. The summed E-state index contributed by atoms with van der Waals surface area (Å²) in [5.74, 6) is 3.93. The van der Waals surface area contributed by atoms with E-state index in [1.165, 1.54) is 0 Å². The molecule has 0 aromatic heterocycles. The van der Waals surface area contributed by atoms with Crippen LogP contribution in [-0.2, 0) is 10.0 Å². The van der Waals surface area contributed by atoms with Gasteiger partial charge < -0.3 is 10.7 Å². The SMILES string of the molecule is NNc1c(Cl)cc(C(=O)NCCS(N)(=O)=O)cc1[N+](=O)[O-]. The maximum atomic E-state index is 11.8. The number of nitrogens with zero attached hydrogens (tertiary/aromatic N) is 1. The largest absolute Gasteiger partial charge is 0.351 e. The Morgan fingerprint density at radius 3 is 2.52 bits per heavy atom. The maximum Gasteiger partial charge on any atom is 0.295 e. The number of nitrogens with two attached hydrogens (primary N) is 2. The highest BCUT2D eigenvalue weighted by molar-refractivity contribution is 7.89. The van der Waals surface area contributed by atoms with Crippen LogP contribution >= 0.6 is 11.6 Å². The molecule has 0 aliphatic heterocycles. The number of nitro benzene ring substituents is 1. The predicted molar refractivity (Wildman–Crippen MR) is 76.2 cm³/mol. The van der Waals surface area contributed by atoms with Crippen molar-refractivity contribution in [1.29, 1.82) is 0 Å². The van der Waals surface area contributed by atoms with E-state index < -0.39 is 32.3 Å². The number of halogens is 1. The number of nitro groups is 1. The number of amides is 1. The lowest BCUT2D eigenvalue weighted by atomic mass is 10.1. The van der Waals surface area contributed by atoms with Crippen molar-refractivity contribution in [2.75, 3.05) is 17.7 Å². The summed E-state index contributed by atoms with van der Waals surface area (Å²) in [5.41, 5.74) is 1.34.